The van der Waals surface area contributed by atoms with Crippen LogP contribution in [-0.2, 0) is 0 Å². The first-order chi connectivity index (χ1) is 10.2. The summed E-state index contributed by atoms with van der Waals surface area (Å²) in [5, 5.41) is 19.8. The van der Waals surface area contributed by atoms with Crippen molar-refractivity contribution in [1.29, 1.82) is 5.26 Å². The first-order valence-electron chi connectivity index (χ1n) is 5.93. The first-order valence-corrected chi connectivity index (χ1v) is 5.93. The summed E-state index contributed by atoms with van der Waals surface area (Å²) >= 11 is 0. The van der Waals surface area contributed by atoms with Crippen LogP contribution in [0.25, 0.3) is 0 Å². The lowest BCUT2D eigenvalue weighted by atomic mass is 10.2. The molecule has 0 aromatic heterocycles. The summed E-state index contributed by atoms with van der Waals surface area (Å²) in [7, 11) is 0. The zero-order chi connectivity index (χ0) is 14.8. The Morgan fingerprint density at radius 2 is 2.00 bits per heavy atom. The molecule has 7 nitrogen and oxygen atoms in total. The molecule has 0 atom stereocenters. The van der Waals surface area contributed by atoms with Gasteiger partial charge in [0.1, 0.15) is 23.1 Å². The zero-order valence-corrected chi connectivity index (χ0v) is 10.6. The van der Waals surface area contributed by atoms with E-state index in [9.17, 15) is 10.1 Å². The molecular formula is C14H8N2O5. The quantitative estimate of drug-likeness (QED) is 0.635. The minimum atomic E-state index is -0.564. The van der Waals surface area contributed by atoms with Crippen LogP contribution in [0.4, 0.5) is 5.69 Å². The molecule has 104 valence electrons. The van der Waals surface area contributed by atoms with Crippen molar-refractivity contribution in [2.24, 2.45) is 0 Å². The molecular weight excluding hydrogens is 276 g/mol. The van der Waals surface area contributed by atoms with Crippen LogP contribution in [0.1, 0.15) is 5.56 Å². The van der Waals surface area contributed by atoms with E-state index in [0.29, 0.717) is 17.2 Å². The second kappa shape index (κ2) is 5.02. The van der Waals surface area contributed by atoms with Crippen molar-refractivity contribution in [3.63, 3.8) is 0 Å². The number of nitriles is 1. The summed E-state index contributed by atoms with van der Waals surface area (Å²) < 4.78 is 16.0. The SMILES string of the molecule is N#Cc1cc([N+](=O)[O-])ccc1Oc1ccc2c(c1)OCO2. The number of non-ortho nitro benzene ring substituents is 1. The van der Waals surface area contributed by atoms with Crippen molar-refractivity contribution < 1.29 is 19.1 Å². The van der Waals surface area contributed by atoms with Gasteiger partial charge in [-0.2, -0.15) is 5.26 Å². The van der Waals surface area contributed by atoms with Crippen LogP contribution in [0, 0.1) is 21.4 Å². The lowest BCUT2D eigenvalue weighted by molar-refractivity contribution is -0.384. The Kier molecular flexibility index (Phi) is 3.04. The molecule has 0 aliphatic carbocycles. The molecule has 1 aliphatic rings. The summed E-state index contributed by atoms with van der Waals surface area (Å²) in [6.07, 6.45) is 0. The van der Waals surface area contributed by atoms with Gasteiger partial charge in [0.2, 0.25) is 6.79 Å². The van der Waals surface area contributed by atoms with Crippen molar-refractivity contribution in [2.45, 2.75) is 0 Å². The van der Waals surface area contributed by atoms with Gasteiger partial charge in [-0.3, -0.25) is 10.1 Å². The molecule has 2 aromatic rings. The zero-order valence-electron chi connectivity index (χ0n) is 10.6. The topological polar surface area (TPSA) is 94.6 Å². The Morgan fingerprint density at radius 1 is 1.19 bits per heavy atom. The molecule has 1 aliphatic heterocycles. The number of hydrogen-bond acceptors (Lipinski definition) is 6. The van der Waals surface area contributed by atoms with E-state index in [1.54, 1.807) is 18.2 Å². The average molecular weight is 284 g/mol. The van der Waals surface area contributed by atoms with E-state index in [1.807, 2.05) is 6.07 Å². The maximum atomic E-state index is 10.7. The van der Waals surface area contributed by atoms with E-state index in [0.717, 1.165) is 0 Å². The standard InChI is InChI=1S/C14H8N2O5/c15-7-9-5-10(16(17)18)1-3-12(9)21-11-2-4-13-14(6-11)20-8-19-13/h1-6H,8H2. The molecule has 2 aromatic carbocycles. The summed E-state index contributed by atoms with van der Waals surface area (Å²) in [5.41, 5.74) is -0.0774. The van der Waals surface area contributed by atoms with Gasteiger partial charge in [0, 0.05) is 18.2 Å². The third-order valence-electron chi connectivity index (χ3n) is 2.87. The van der Waals surface area contributed by atoms with Crippen LogP contribution >= 0.6 is 0 Å². The molecule has 3 rings (SSSR count). The van der Waals surface area contributed by atoms with E-state index < -0.39 is 4.92 Å². The van der Waals surface area contributed by atoms with E-state index in [-0.39, 0.29) is 23.8 Å². The summed E-state index contributed by atoms with van der Waals surface area (Å²) in [4.78, 5) is 10.1. The van der Waals surface area contributed by atoms with E-state index >= 15 is 0 Å². The summed E-state index contributed by atoms with van der Waals surface area (Å²) in [6, 6.07) is 10.7. The third-order valence-corrected chi connectivity index (χ3v) is 2.87. The van der Waals surface area contributed by atoms with E-state index in [4.69, 9.17) is 19.5 Å². The normalized spacial score (nSPS) is 11.8. The maximum absolute atomic E-state index is 10.7. The Labute approximate surface area is 119 Å². The molecule has 0 saturated carbocycles. The lowest BCUT2D eigenvalue weighted by Crippen LogP contribution is -1.93. The van der Waals surface area contributed by atoms with Gasteiger partial charge >= 0.3 is 0 Å². The van der Waals surface area contributed by atoms with Crippen molar-refractivity contribution in [3.05, 3.63) is 52.1 Å². The van der Waals surface area contributed by atoms with Gasteiger partial charge in [-0.25, -0.2) is 0 Å². The van der Waals surface area contributed by atoms with Crippen LogP contribution in [0.15, 0.2) is 36.4 Å². The van der Waals surface area contributed by atoms with Gasteiger partial charge in [0.05, 0.1) is 4.92 Å². The van der Waals surface area contributed by atoms with Crippen LogP contribution in [0.2, 0.25) is 0 Å². The predicted molar refractivity (Wildman–Crippen MR) is 70.5 cm³/mol. The number of hydrogen-bond donors (Lipinski definition) is 0. The molecule has 0 amide bonds. The van der Waals surface area contributed by atoms with Crippen molar-refractivity contribution in [1.82, 2.24) is 0 Å². The Bertz CT molecular complexity index is 766. The fourth-order valence-corrected chi connectivity index (χ4v) is 1.88. The Balaban J connectivity index is 1.91. The monoisotopic (exact) mass is 284 g/mol. The fraction of sp³-hybridized carbons (Fsp3) is 0.0714. The highest BCUT2D eigenvalue weighted by atomic mass is 16.7. The van der Waals surface area contributed by atoms with Gasteiger partial charge in [-0.1, -0.05) is 0 Å². The van der Waals surface area contributed by atoms with Gasteiger partial charge in [-0.05, 0) is 18.2 Å². The lowest BCUT2D eigenvalue weighted by Gasteiger charge is -2.07. The van der Waals surface area contributed by atoms with E-state index in [2.05, 4.69) is 0 Å². The van der Waals surface area contributed by atoms with Gasteiger partial charge in [-0.15, -0.1) is 0 Å². The van der Waals surface area contributed by atoms with Gasteiger partial charge < -0.3 is 14.2 Å². The largest absolute Gasteiger partial charge is 0.456 e. The molecule has 0 spiro atoms. The minimum absolute atomic E-state index is 0.0851. The van der Waals surface area contributed by atoms with Crippen molar-refractivity contribution in [3.8, 4) is 29.1 Å². The number of benzene rings is 2. The molecule has 0 unspecified atom stereocenters. The number of rotatable bonds is 3. The van der Waals surface area contributed by atoms with Crippen LogP contribution < -0.4 is 14.2 Å². The molecule has 0 N–H and O–H groups in total. The number of fused-ring (bicyclic) bond motifs is 1. The number of ether oxygens (including phenoxy) is 3. The highest BCUT2D eigenvalue weighted by molar-refractivity contribution is 5.53. The molecule has 0 saturated heterocycles. The van der Waals surface area contributed by atoms with Crippen LogP contribution in [0.3, 0.4) is 0 Å². The smallest absolute Gasteiger partial charge is 0.271 e. The fourth-order valence-electron chi connectivity index (χ4n) is 1.88. The average Bonchev–Trinajstić information content (AvgIpc) is 2.95. The summed E-state index contributed by atoms with van der Waals surface area (Å²) in [5.74, 6) is 1.85. The molecule has 0 radical (unpaired) electrons. The predicted octanol–water partition coefficient (Wildman–Crippen LogP) is 2.99. The van der Waals surface area contributed by atoms with Crippen molar-refractivity contribution >= 4 is 5.69 Å². The molecule has 0 bridgehead atoms. The minimum Gasteiger partial charge on any atom is -0.456 e. The van der Waals surface area contributed by atoms with E-state index in [1.165, 1.54) is 18.2 Å². The highest BCUT2D eigenvalue weighted by Gasteiger charge is 2.16. The molecule has 21 heavy (non-hydrogen) atoms. The second-order valence-electron chi connectivity index (χ2n) is 4.17. The highest BCUT2D eigenvalue weighted by Crippen LogP contribution is 2.37. The summed E-state index contributed by atoms with van der Waals surface area (Å²) in [6.45, 7) is 0.153. The Morgan fingerprint density at radius 3 is 2.76 bits per heavy atom. The van der Waals surface area contributed by atoms with Crippen LogP contribution in [-0.4, -0.2) is 11.7 Å². The maximum Gasteiger partial charge on any atom is 0.271 e. The molecule has 1 heterocycles. The van der Waals surface area contributed by atoms with Gasteiger partial charge in [0.15, 0.2) is 11.5 Å². The van der Waals surface area contributed by atoms with Crippen molar-refractivity contribution in [2.75, 3.05) is 6.79 Å². The molecule has 7 heteroatoms. The molecule has 0 fully saturated rings. The number of nitro groups is 1. The first kappa shape index (κ1) is 12.7. The van der Waals surface area contributed by atoms with Crippen LogP contribution in [0.5, 0.6) is 23.0 Å². The third kappa shape index (κ3) is 2.42. The second-order valence-corrected chi connectivity index (χ2v) is 4.17. The Hall–Kier alpha value is -3.27. The number of nitrogens with zero attached hydrogens (tertiary/aromatic N) is 2. The van der Waals surface area contributed by atoms with Gasteiger partial charge in [0.25, 0.3) is 5.69 Å². The number of nitro benzene ring substituents is 1.